The Morgan fingerprint density at radius 3 is 1.22 bits per heavy atom. The standard InChI is InChI=1S/C60H41N3Si/c1-5-20-42(21-6-1)62-58-40-43(36-38-52(58)53-31-19-35-57(60(53)62)63-55-33-17-14-28-48(55)49-29-15-18-34-56(49)63)61-54-32-16-13-30-50(54)51-39-37-47(41-59(51)61)64(44-22-7-2-8-23-44,45-24-9-3-10-25-45)46-26-11-4-12-27-46/h1-41H. The van der Waals surface area contributed by atoms with Crippen molar-refractivity contribution < 1.29 is 0 Å². The van der Waals surface area contributed by atoms with E-state index in [4.69, 9.17) is 0 Å². The van der Waals surface area contributed by atoms with Gasteiger partial charge in [-0.15, -0.1) is 0 Å². The molecule has 0 aliphatic heterocycles. The molecule has 0 aliphatic rings. The Morgan fingerprint density at radius 2 is 0.656 bits per heavy atom. The van der Waals surface area contributed by atoms with Gasteiger partial charge in [0.05, 0.1) is 38.8 Å². The summed E-state index contributed by atoms with van der Waals surface area (Å²) in [7, 11) is -2.80. The Labute approximate surface area is 372 Å². The third-order valence-corrected chi connectivity index (χ3v) is 18.3. The fourth-order valence-electron chi connectivity index (χ4n) is 10.9. The third-order valence-electron chi connectivity index (χ3n) is 13.6. The highest BCUT2D eigenvalue weighted by Gasteiger charge is 2.41. The number of hydrogen-bond acceptors (Lipinski definition) is 0. The number of rotatable bonds is 7. The van der Waals surface area contributed by atoms with E-state index in [2.05, 4.69) is 262 Å². The molecular formula is C60H41N3Si. The van der Waals surface area contributed by atoms with E-state index in [1.165, 1.54) is 80.6 Å². The number of fused-ring (bicyclic) bond motifs is 9. The van der Waals surface area contributed by atoms with Gasteiger partial charge in [0.25, 0.3) is 0 Å². The molecule has 0 amide bonds. The molecule has 3 aromatic heterocycles. The summed E-state index contributed by atoms with van der Waals surface area (Å²) in [5.74, 6) is 0. The second-order valence-corrected chi connectivity index (χ2v) is 20.7. The largest absolute Gasteiger partial charge is 0.309 e. The van der Waals surface area contributed by atoms with Crippen molar-refractivity contribution in [3.63, 3.8) is 0 Å². The van der Waals surface area contributed by atoms with Gasteiger partial charge in [0.1, 0.15) is 0 Å². The van der Waals surface area contributed by atoms with Crippen LogP contribution in [0.1, 0.15) is 0 Å². The molecule has 0 radical (unpaired) electrons. The molecule has 0 bridgehead atoms. The summed E-state index contributed by atoms with van der Waals surface area (Å²) in [5.41, 5.74) is 10.5. The average Bonchev–Trinajstić information content (AvgIpc) is 4.01. The number of aromatic nitrogens is 3. The van der Waals surface area contributed by atoms with Crippen molar-refractivity contribution in [1.29, 1.82) is 0 Å². The van der Waals surface area contributed by atoms with E-state index in [9.17, 15) is 0 Å². The summed E-state index contributed by atoms with van der Waals surface area (Å²) < 4.78 is 7.46. The molecule has 13 aromatic rings. The highest BCUT2D eigenvalue weighted by atomic mass is 28.3. The van der Waals surface area contributed by atoms with Crippen molar-refractivity contribution in [3.05, 3.63) is 249 Å². The summed E-state index contributed by atoms with van der Waals surface area (Å²) in [6.07, 6.45) is 0. The van der Waals surface area contributed by atoms with Crippen LogP contribution in [-0.4, -0.2) is 21.8 Å². The maximum absolute atomic E-state index is 2.80. The topological polar surface area (TPSA) is 14.8 Å². The molecule has 10 aromatic carbocycles. The van der Waals surface area contributed by atoms with Gasteiger partial charge in [-0.3, -0.25) is 0 Å². The van der Waals surface area contributed by atoms with Gasteiger partial charge in [0.15, 0.2) is 8.07 Å². The summed E-state index contributed by atoms with van der Waals surface area (Å²) in [6.45, 7) is 0. The highest BCUT2D eigenvalue weighted by molar-refractivity contribution is 7.20. The quantitative estimate of drug-likeness (QED) is 0.112. The fraction of sp³-hybridized carbons (Fsp3) is 0. The smallest absolute Gasteiger partial charge is 0.179 e. The van der Waals surface area contributed by atoms with E-state index >= 15 is 0 Å². The molecule has 300 valence electrons. The fourth-order valence-corrected chi connectivity index (χ4v) is 15.7. The zero-order valence-electron chi connectivity index (χ0n) is 35.0. The van der Waals surface area contributed by atoms with Gasteiger partial charge in [-0.1, -0.05) is 194 Å². The summed E-state index contributed by atoms with van der Waals surface area (Å²) in [4.78, 5) is 0. The molecule has 0 fully saturated rings. The molecule has 3 heterocycles. The third kappa shape index (κ3) is 5.27. The first kappa shape index (κ1) is 36.5. The van der Waals surface area contributed by atoms with Crippen molar-refractivity contribution in [3.8, 4) is 17.1 Å². The maximum Gasteiger partial charge on any atom is 0.179 e. The van der Waals surface area contributed by atoms with Crippen LogP contribution in [0.3, 0.4) is 0 Å². The molecule has 0 unspecified atom stereocenters. The Morgan fingerprint density at radius 1 is 0.234 bits per heavy atom. The molecule has 0 spiro atoms. The Hall–Kier alpha value is -8.18. The van der Waals surface area contributed by atoms with Crippen molar-refractivity contribution in [2.45, 2.75) is 0 Å². The predicted molar refractivity (Wildman–Crippen MR) is 273 cm³/mol. The van der Waals surface area contributed by atoms with Crippen LogP contribution < -0.4 is 20.7 Å². The van der Waals surface area contributed by atoms with Gasteiger partial charge in [-0.05, 0) is 75.3 Å². The molecule has 0 saturated heterocycles. The van der Waals surface area contributed by atoms with E-state index in [-0.39, 0.29) is 0 Å². The van der Waals surface area contributed by atoms with Crippen LogP contribution in [0.15, 0.2) is 249 Å². The van der Waals surface area contributed by atoms with E-state index in [1.807, 2.05) is 0 Å². The molecule has 0 saturated carbocycles. The molecule has 64 heavy (non-hydrogen) atoms. The van der Waals surface area contributed by atoms with Gasteiger partial charge < -0.3 is 13.7 Å². The van der Waals surface area contributed by atoms with Gasteiger partial charge >= 0.3 is 0 Å². The van der Waals surface area contributed by atoms with Crippen molar-refractivity contribution >= 4 is 94.2 Å². The lowest BCUT2D eigenvalue weighted by Gasteiger charge is -2.34. The number of para-hydroxylation sites is 5. The van der Waals surface area contributed by atoms with Crippen molar-refractivity contribution in [2.24, 2.45) is 0 Å². The second kappa shape index (κ2) is 14.5. The van der Waals surface area contributed by atoms with E-state index in [0.29, 0.717) is 0 Å². The van der Waals surface area contributed by atoms with Gasteiger partial charge in [0, 0.05) is 43.7 Å². The van der Waals surface area contributed by atoms with Crippen LogP contribution in [0, 0.1) is 0 Å². The minimum absolute atomic E-state index is 1.13. The zero-order valence-corrected chi connectivity index (χ0v) is 36.0. The second-order valence-electron chi connectivity index (χ2n) is 16.8. The number of benzene rings is 10. The lowest BCUT2D eigenvalue weighted by molar-refractivity contribution is 1.12. The first-order valence-electron chi connectivity index (χ1n) is 22.1. The Kier molecular flexibility index (Phi) is 8.23. The minimum Gasteiger partial charge on any atom is -0.309 e. The summed E-state index contributed by atoms with van der Waals surface area (Å²) in [5, 5.41) is 12.9. The molecule has 3 nitrogen and oxygen atoms in total. The van der Waals surface area contributed by atoms with Crippen molar-refractivity contribution in [1.82, 2.24) is 13.7 Å². The molecule has 0 atom stereocenters. The predicted octanol–water partition coefficient (Wildman–Crippen LogP) is 12.4. The Bertz CT molecular complexity index is 3730. The molecule has 0 aliphatic carbocycles. The molecule has 13 rings (SSSR count). The lowest BCUT2D eigenvalue weighted by atomic mass is 10.1. The van der Waals surface area contributed by atoms with E-state index in [0.717, 1.165) is 22.6 Å². The molecule has 0 N–H and O–H groups in total. The van der Waals surface area contributed by atoms with Crippen LogP contribution in [0.4, 0.5) is 0 Å². The molecular weight excluding hydrogens is 791 g/mol. The first-order chi connectivity index (χ1) is 31.8. The highest BCUT2D eigenvalue weighted by Crippen LogP contribution is 2.41. The van der Waals surface area contributed by atoms with Crippen LogP contribution in [0.5, 0.6) is 0 Å². The zero-order chi connectivity index (χ0) is 42.2. The first-order valence-corrected chi connectivity index (χ1v) is 24.1. The van der Waals surface area contributed by atoms with Gasteiger partial charge in [-0.2, -0.15) is 0 Å². The average molecular weight is 832 g/mol. The Balaban J connectivity index is 1.12. The maximum atomic E-state index is 2.52. The normalized spacial score (nSPS) is 12.1. The molecule has 4 heteroatoms. The van der Waals surface area contributed by atoms with Crippen LogP contribution in [0.25, 0.3) is 82.5 Å². The van der Waals surface area contributed by atoms with E-state index < -0.39 is 8.07 Å². The number of nitrogens with zero attached hydrogens (tertiary/aromatic N) is 3. The van der Waals surface area contributed by atoms with Crippen LogP contribution in [-0.2, 0) is 0 Å². The van der Waals surface area contributed by atoms with Gasteiger partial charge in [-0.25, -0.2) is 0 Å². The summed E-state index contributed by atoms with van der Waals surface area (Å²) in [6, 6.07) is 92.3. The van der Waals surface area contributed by atoms with E-state index in [1.54, 1.807) is 0 Å². The summed E-state index contributed by atoms with van der Waals surface area (Å²) >= 11 is 0. The lowest BCUT2D eigenvalue weighted by Crippen LogP contribution is -2.74. The SMILES string of the molecule is c1ccc(-n2c3cc(-n4c5ccccc5c5ccc([Si](c6ccccc6)(c6ccccc6)c6ccccc6)cc54)ccc3c3cccc(-n4c5ccccc5c5ccccc54)c32)cc1. The monoisotopic (exact) mass is 831 g/mol. The van der Waals surface area contributed by atoms with Crippen LogP contribution >= 0.6 is 0 Å². The van der Waals surface area contributed by atoms with Crippen molar-refractivity contribution in [2.75, 3.05) is 0 Å². The minimum atomic E-state index is -2.80. The van der Waals surface area contributed by atoms with Gasteiger partial charge in [0.2, 0.25) is 0 Å². The van der Waals surface area contributed by atoms with Crippen LogP contribution in [0.2, 0.25) is 0 Å². The number of hydrogen-bond donors (Lipinski definition) is 0.